The van der Waals surface area contributed by atoms with Gasteiger partial charge in [-0.05, 0) is 18.9 Å². The van der Waals surface area contributed by atoms with Crippen LogP contribution in [0.4, 0.5) is 0 Å². The fourth-order valence-corrected chi connectivity index (χ4v) is 2.02. The number of unbranched alkanes of at least 4 members (excludes halogenated alkanes) is 1. The summed E-state index contributed by atoms with van der Waals surface area (Å²) >= 11 is 0. The van der Waals surface area contributed by atoms with Crippen LogP contribution in [0.2, 0.25) is 0 Å². The molecular weight excluding hydrogens is 240 g/mol. The van der Waals surface area contributed by atoms with Crippen LogP contribution in [-0.2, 0) is 10.3 Å². The van der Waals surface area contributed by atoms with Crippen molar-refractivity contribution in [3.8, 4) is 0 Å². The molecule has 4 nitrogen and oxygen atoms in total. The molecule has 106 valence electrons. The molecular formula is C15H24N2O2. The number of aliphatic hydroxyl groups excluding tert-OH is 1. The van der Waals surface area contributed by atoms with Crippen molar-refractivity contribution in [1.82, 2.24) is 4.90 Å². The lowest BCUT2D eigenvalue weighted by molar-refractivity contribution is -0.137. The van der Waals surface area contributed by atoms with Gasteiger partial charge in [0.25, 0.3) is 0 Å². The number of aliphatic hydroxyl groups is 1. The molecule has 0 radical (unpaired) electrons. The molecule has 3 N–H and O–H groups in total. The third-order valence-corrected chi connectivity index (χ3v) is 3.26. The Kier molecular flexibility index (Phi) is 5.99. The summed E-state index contributed by atoms with van der Waals surface area (Å²) in [6.07, 6.45) is 1.92. The lowest BCUT2D eigenvalue weighted by Gasteiger charge is -2.32. The maximum Gasteiger partial charge on any atom is 0.247 e. The van der Waals surface area contributed by atoms with E-state index in [4.69, 9.17) is 10.8 Å². The van der Waals surface area contributed by atoms with Crippen molar-refractivity contribution in [1.29, 1.82) is 0 Å². The molecule has 0 aliphatic carbocycles. The van der Waals surface area contributed by atoms with Gasteiger partial charge in [0.2, 0.25) is 5.91 Å². The van der Waals surface area contributed by atoms with E-state index in [0.717, 1.165) is 18.4 Å². The van der Waals surface area contributed by atoms with E-state index in [1.54, 1.807) is 11.8 Å². The van der Waals surface area contributed by atoms with E-state index in [1.807, 2.05) is 30.3 Å². The maximum absolute atomic E-state index is 12.6. The standard InChI is InChI=1S/C15H24N2O2/c1-3-4-10-17(11-12-18)14(19)15(2,16)13-8-6-5-7-9-13/h5-9,18H,3-4,10-12,16H2,1-2H3. The van der Waals surface area contributed by atoms with Crippen molar-refractivity contribution in [3.63, 3.8) is 0 Å². The van der Waals surface area contributed by atoms with Gasteiger partial charge in [-0.15, -0.1) is 0 Å². The van der Waals surface area contributed by atoms with Gasteiger partial charge in [0, 0.05) is 13.1 Å². The minimum atomic E-state index is -1.05. The van der Waals surface area contributed by atoms with Crippen LogP contribution in [-0.4, -0.2) is 35.6 Å². The van der Waals surface area contributed by atoms with Crippen molar-refractivity contribution in [2.45, 2.75) is 32.2 Å². The highest BCUT2D eigenvalue weighted by atomic mass is 16.3. The number of hydrogen-bond donors (Lipinski definition) is 2. The number of carbonyl (C=O) groups is 1. The zero-order valence-electron chi connectivity index (χ0n) is 11.8. The third kappa shape index (κ3) is 4.04. The zero-order chi connectivity index (χ0) is 14.3. The highest BCUT2D eigenvalue weighted by molar-refractivity contribution is 5.87. The summed E-state index contributed by atoms with van der Waals surface area (Å²) in [5, 5.41) is 9.09. The van der Waals surface area contributed by atoms with Gasteiger partial charge in [-0.2, -0.15) is 0 Å². The van der Waals surface area contributed by atoms with Crippen molar-refractivity contribution >= 4 is 5.91 Å². The van der Waals surface area contributed by atoms with E-state index in [-0.39, 0.29) is 12.5 Å². The molecule has 1 rings (SSSR count). The van der Waals surface area contributed by atoms with Crippen LogP contribution in [0.3, 0.4) is 0 Å². The quantitative estimate of drug-likeness (QED) is 0.784. The first-order valence-corrected chi connectivity index (χ1v) is 6.78. The number of benzene rings is 1. The van der Waals surface area contributed by atoms with Gasteiger partial charge < -0.3 is 15.7 Å². The monoisotopic (exact) mass is 264 g/mol. The Morgan fingerprint density at radius 1 is 1.32 bits per heavy atom. The Morgan fingerprint density at radius 2 is 1.95 bits per heavy atom. The number of rotatable bonds is 7. The van der Waals surface area contributed by atoms with Crippen LogP contribution in [0.15, 0.2) is 30.3 Å². The summed E-state index contributed by atoms with van der Waals surface area (Å²) in [4.78, 5) is 14.2. The Hall–Kier alpha value is -1.39. The summed E-state index contributed by atoms with van der Waals surface area (Å²) in [6, 6.07) is 9.35. The minimum absolute atomic E-state index is 0.0413. The van der Waals surface area contributed by atoms with Gasteiger partial charge in [-0.25, -0.2) is 0 Å². The second kappa shape index (κ2) is 7.26. The van der Waals surface area contributed by atoms with E-state index >= 15 is 0 Å². The van der Waals surface area contributed by atoms with E-state index < -0.39 is 5.54 Å². The molecule has 0 heterocycles. The van der Waals surface area contributed by atoms with Gasteiger partial charge in [-0.3, -0.25) is 4.79 Å². The topological polar surface area (TPSA) is 66.6 Å². The second-order valence-corrected chi connectivity index (χ2v) is 4.94. The molecule has 0 fully saturated rings. The van der Waals surface area contributed by atoms with Crippen molar-refractivity contribution in [3.05, 3.63) is 35.9 Å². The number of hydrogen-bond acceptors (Lipinski definition) is 3. The molecule has 19 heavy (non-hydrogen) atoms. The lowest BCUT2D eigenvalue weighted by atomic mass is 9.91. The van der Waals surface area contributed by atoms with E-state index in [1.165, 1.54) is 0 Å². The number of carbonyl (C=O) groups excluding carboxylic acids is 1. The summed E-state index contributed by atoms with van der Waals surface area (Å²) in [7, 11) is 0. The van der Waals surface area contributed by atoms with E-state index in [9.17, 15) is 4.79 Å². The zero-order valence-corrected chi connectivity index (χ0v) is 11.8. The highest BCUT2D eigenvalue weighted by Crippen LogP contribution is 2.20. The van der Waals surface area contributed by atoms with Gasteiger partial charge in [-0.1, -0.05) is 43.7 Å². The maximum atomic E-state index is 12.6. The first-order chi connectivity index (χ1) is 9.04. The molecule has 0 spiro atoms. The lowest BCUT2D eigenvalue weighted by Crippen LogP contribution is -2.51. The van der Waals surface area contributed by atoms with E-state index in [2.05, 4.69) is 6.92 Å². The Balaban J connectivity index is 2.88. The fourth-order valence-electron chi connectivity index (χ4n) is 2.02. The smallest absolute Gasteiger partial charge is 0.247 e. The summed E-state index contributed by atoms with van der Waals surface area (Å²) in [6.45, 7) is 4.72. The average molecular weight is 264 g/mol. The van der Waals surface area contributed by atoms with Crippen LogP contribution in [0, 0.1) is 0 Å². The molecule has 1 aromatic rings. The van der Waals surface area contributed by atoms with Crippen LogP contribution < -0.4 is 5.73 Å². The Morgan fingerprint density at radius 3 is 2.47 bits per heavy atom. The molecule has 0 saturated carbocycles. The predicted octanol–water partition coefficient (Wildman–Crippen LogP) is 1.48. The number of amides is 1. The number of nitrogens with two attached hydrogens (primary N) is 1. The molecule has 0 aromatic heterocycles. The fraction of sp³-hybridized carbons (Fsp3) is 0.533. The average Bonchev–Trinajstić information content (AvgIpc) is 2.43. The summed E-state index contributed by atoms with van der Waals surface area (Å²) < 4.78 is 0. The molecule has 0 bridgehead atoms. The molecule has 1 amide bonds. The molecule has 0 saturated heterocycles. The van der Waals surface area contributed by atoms with Crippen LogP contribution in [0.5, 0.6) is 0 Å². The molecule has 4 heteroatoms. The summed E-state index contributed by atoms with van der Waals surface area (Å²) in [5.41, 5.74) is 5.95. The minimum Gasteiger partial charge on any atom is -0.395 e. The van der Waals surface area contributed by atoms with Crippen LogP contribution >= 0.6 is 0 Å². The first kappa shape index (κ1) is 15.7. The molecule has 1 atom stereocenters. The largest absolute Gasteiger partial charge is 0.395 e. The van der Waals surface area contributed by atoms with Gasteiger partial charge in [0.1, 0.15) is 5.54 Å². The Bertz CT molecular complexity index is 390. The molecule has 0 aliphatic heterocycles. The molecule has 1 aromatic carbocycles. The molecule has 1 unspecified atom stereocenters. The van der Waals surface area contributed by atoms with Gasteiger partial charge in [0.15, 0.2) is 0 Å². The first-order valence-electron chi connectivity index (χ1n) is 6.78. The Labute approximate surface area is 115 Å². The third-order valence-electron chi connectivity index (χ3n) is 3.26. The van der Waals surface area contributed by atoms with E-state index in [0.29, 0.717) is 13.1 Å². The van der Waals surface area contributed by atoms with Crippen molar-refractivity contribution < 1.29 is 9.90 Å². The predicted molar refractivity (Wildman–Crippen MR) is 76.6 cm³/mol. The second-order valence-electron chi connectivity index (χ2n) is 4.94. The highest BCUT2D eigenvalue weighted by Gasteiger charge is 2.33. The molecule has 0 aliphatic rings. The van der Waals surface area contributed by atoms with Gasteiger partial charge >= 0.3 is 0 Å². The normalized spacial score (nSPS) is 13.9. The van der Waals surface area contributed by atoms with Crippen molar-refractivity contribution in [2.24, 2.45) is 5.73 Å². The SMILES string of the molecule is CCCCN(CCO)C(=O)C(C)(N)c1ccccc1. The van der Waals surface area contributed by atoms with Crippen LogP contribution in [0.25, 0.3) is 0 Å². The number of nitrogens with zero attached hydrogens (tertiary/aromatic N) is 1. The summed E-state index contributed by atoms with van der Waals surface area (Å²) in [5.74, 6) is -0.138. The van der Waals surface area contributed by atoms with Crippen LogP contribution in [0.1, 0.15) is 32.3 Å². The van der Waals surface area contributed by atoms with Gasteiger partial charge in [0.05, 0.1) is 6.61 Å². The van der Waals surface area contributed by atoms with Crippen molar-refractivity contribution in [2.75, 3.05) is 19.7 Å².